The van der Waals surface area contributed by atoms with Gasteiger partial charge in [0.1, 0.15) is 0 Å². The first kappa shape index (κ1) is 16.9. The summed E-state index contributed by atoms with van der Waals surface area (Å²) >= 11 is 6.07. The second-order valence-electron chi connectivity index (χ2n) is 6.44. The highest BCUT2D eigenvalue weighted by Crippen LogP contribution is 2.32. The summed E-state index contributed by atoms with van der Waals surface area (Å²) in [7, 11) is 0. The molecule has 0 aliphatic carbocycles. The van der Waals surface area contributed by atoms with Gasteiger partial charge < -0.3 is 14.8 Å². The molecule has 1 atom stereocenters. The van der Waals surface area contributed by atoms with E-state index in [1.54, 1.807) is 6.07 Å². The Morgan fingerprint density at radius 2 is 2.04 bits per heavy atom. The van der Waals surface area contributed by atoms with Crippen LogP contribution >= 0.6 is 11.6 Å². The van der Waals surface area contributed by atoms with Crippen molar-refractivity contribution in [1.29, 1.82) is 0 Å². The maximum atomic E-state index is 12.9. The predicted molar refractivity (Wildman–Crippen MR) is 98.7 cm³/mol. The van der Waals surface area contributed by atoms with Crippen LogP contribution in [0, 0.1) is 13.8 Å². The number of hydrogen-bond acceptors (Lipinski definition) is 1. The molecule has 5 heteroatoms. The van der Waals surface area contributed by atoms with Crippen molar-refractivity contribution < 1.29 is 4.79 Å². The van der Waals surface area contributed by atoms with Crippen LogP contribution in [0.5, 0.6) is 0 Å². The van der Waals surface area contributed by atoms with Gasteiger partial charge >= 0.3 is 6.03 Å². The molecule has 1 N–H and O–H groups in total. The normalized spacial score (nSPS) is 16.8. The number of aryl methyl sites for hydroxylation is 2. The fourth-order valence-electron chi connectivity index (χ4n) is 3.45. The minimum atomic E-state index is -0.0519. The van der Waals surface area contributed by atoms with Crippen LogP contribution in [0.1, 0.15) is 42.8 Å². The topological polar surface area (TPSA) is 37.3 Å². The Balaban J connectivity index is 1.84. The molecule has 1 aromatic heterocycles. The first-order valence-electron chi connectivity index (χ1n) is 8.51. The molecule has 3 rings (SSSR count). The Bertz CT molecular complexity index is 753. The van der Waals surface area contributed by atoms with Crippen molar-refractivity contribution in [3.05, 3.63) is 52.3 Å². The monoisotopic (exact) mass is 345 g/mol. The zero-order valence-corrected chi connectivity index (χ0v) is 15.2. The molecule has 2 heterocycles. The fourth-order valence-corrected chi connectivity index (χ4v) is 3.62. The van der Waals surface area contributed by atoms with Gasteiger partial charge in [0.15, 0.2) is 0 Å². The number of carbonyl (C=O) groups is 1. The summed E-state index contributed by atoms with van der Waals surface area (Å²) in [6, 6.07) is 9.93. The summed E-state index contributed by atoms with van der Waals surface area (Å²) in [6.07, 6.45) is 2.00. The van der Waals surface area contributed by atoms with Crippen molar-refractivity contribution >= 4 is 23.3 Å². The van der Waals surface area contributed by atoms with E-state index < -0.39 is 0 Å². The van der Waals surface area contributed by atoms with Crippen LogP contribution in [0.4, 0.5) is 10.5 Å². The highest BCUT2D eigenvalue weighted by Gasteiger charge is 2.31. The summed E-state index contributed by atoms with van der Waals surface area (Å²) in [5.41, 5.74) is 4.28. The van der Waals surface area contributed by atoms with Gasteiger partial charge in [-0.15, -0.1) is 0 Å². The number of hydrogen-bond donors (Lipinski definition) is 1. The lowest BCUT2D eigenvalue weighted by Gasteiger charge is -2.37. The van der Waals surface area contributed by atoms with Gasteiger partial charge in [-0.25, -0.2) is 4.79 Å². The summed E-state index contributed by atoms with van der Waals surface area (Å²) in [6.45, 7) is 7.82. The Labute approximate surface area is 148 Å². The van der Waals surface area contributed by atoms with E-state index in [9.17, 15) is 4.79 Å². The molecule has 1 aliphatic heterocycles. The summed E-state index contributed by atoms with van der Waals surface area (Å²) in [5.74, 6) is 0. The Morgan fingerprint density at radius 1 is 1.25 bits per heavy atom. The average molecular weight is 346 g/mol. The molecule has 1 unspecified atom stereocenters. The number of urea groups is 1. The number of nitrogens with one attached hydrogen (secondary N) is 1. The number of fused-ring (bicyclic) bond motifs is 1. The van der Waals surface area contributed by atoms with E-state index in [1.165, 1.54) is 11.4 Å². The van der Waals surface area contributed by atoms with Crippen molar-refractivity contribution in [2.75, 3.05) is 11.9 Å². The molecule has 0 spiro atoms. The molecule has 1 aliphatic rings. The lowest BCUT2D eigenvalue weighted by Crippen LogP contribution is -2.44. The Kier molecular flexibility index (Phi) is 4.86. The Morgan fingerprint density at radius 3 is 2.79 bits per heavy atom. The molecule has 0 saturated heterocycles. The number of halogens is 1. The van der Waals surface area contributed by atoms with Crippen LogP contribution in [0.15, 0.2) is 30.3 Å². The van der Waals surface area contributed by atoms with E-state index in [1.807, 2.05) is 24.0 Å². The van der Waals surface area contributed by atoms with E-state index in [0.29, 0.717) is 5.02 Å². The molecule has 24 heavy (non-hydrogen) atoms. The summed E-state index contributed by atoms with van der Waals surface area (Å²) in [4.78, 5) is 14.9. The smallest absolute Gasteiger partial charge is 0.322 e. The molecule has 0 bridgehead atoms. The van der Waals surface area contributed by atoms with Gasteiger partial charge in [0.2, 0.25) is 0 Å². The Hall–Kier alpha value is -1.94. The van der Waals surface area contributed by atoms with Crippen molar-refractivity contribution in [2.45, 2.75) is 46.2 Å². The molecular weight excluding hydrogens is 322 g/mol. The van der Waals surface area contributed by atoms with Crippen LogP contribution in [-0.4, -0.2) is 22.0 Å². The zero-order chi connectivity index (χ0) is 17.3. The van der Waals surface area contributed by atoms with E-state index in [-0.39, 0.29) is 12.1 Å². The second-order valence-corrected chi connectivity index (χ2v) is 6.87. The maximum Gasteiger partial charge on any atom is 0.322 e. The van der Waals surface area contributed by atoms with Gasteiger partial charge in [0.05, 0.1) is 6.04 Å². The highest BCUT2D eigenvalue weighted by molar-refractivity contribution is 6.31. The fraction of sp³-hybridized carbons (Fsp3) is 0.421. The minimum Gasteiger partial charge on any atom is -0.345 e. The quantitative estimate of drug-likeness (QED) is 0.820. The molecule has 4 nitrogen and oxygen atoms in total. The van der Waals surface area contributed by atoms with Gasteiger partial charge in [-0.1, -0.05) is 31.0 Å². The van der Waals surface area contributed by atoms with E-state index in [0.717, 1.165) is 37.2 Å². The number of rotatable bonds is 3. The molecule has 2 aromatic rings. The van der Waals surface area contributed by atoms with Gasteiger partial charge in [-0.2, -0.15) is 0 Å². The molecule has 0 fully saturated rings. The van der Waals surface area contributed by atoms with Crippen LogP contribution < -0.4 is 5.32 Å². The summed E-state index contributed by atoms with van der Waals surface area (Å²) < 4.78 is 2.33. The van der Waals surface area contributed by atoms with Crippen molar-refractivity contribution in [1.82, 2.24) is 9.47 Å². The van der Waals surface area contributed by atoms with Gasteiger partial charge in [-0.3, -0.25) is 0 Å². The van der Waals surface area contributed by atoms with Crippen LogP contribution in [0.2, 0.25) is 5.02 Å². The third kappa shape index (κ3) is 3.16. The van der Waals surface area contributed by atoms with Crippen molar-refractivity contribution in [3.63, 3.8) is 0 Å². The highest BCUT2D eigenvalue weighted by atomic mass is 35.5. The molecule has 1 aromatic carbocycles. The molecule has 0 radical (unpaired) electrons. The maximum absolute atomic E-state index is 12.9. The van der Waals surface area contributed by atoms with E-state index >= 15 is 0 Å². The predicted octanol–water partition coefficient (Wildman–Crippen LogP) is 5.15. The number of carbonyl (C=O) groups excluding carboxylic acids is 1. The second kappa shape index (κ2) is 6.89. The largest absolute Gasteiger partial charge is 0.345 e. The number of benzene rings is 1. The van der Waals surface area contributed by atoms with Crippen molar-refractivity contribution in [3.8, 4) is 0 Å². The van der Waals surface area contributed by atoms with Gasteiger partial charge in [-0.05, 0) is 50.1 Å². The number of amides is 2. The molecule has 0 saturated carbocycles. The standard InChI is InChI=1S/C19H24ClN3O/c1-4-5-17-18-9-7-14(3)22(18)10-11-23(17)19(24)21-16-12-15(20)8-6-13(16)2/h6-9,12,17H,4-5,10-11H2,1-3H3,(H,21,24). The summed E-state index contributed by atoms with van der Waals surface area (Å²) in [5, 5.41) is 3.67. The van der Waals surface area contributed by atoms with Crippen LogP contribution in [-0.2, 0) is 6.54 Å². The van der Waals surface area contributed by atoms with Gasteiger partial charge in [0.25, 0.3) is 0 Å². The number of anilines is 1. The molecule has 2 amide bonds. The third-order valence-electron chi connectivity index (χ3n) is 4.78. The molecular formula is C19H24ClN3O. The van der Waals surface area contributed by atoms with Crippen molar-refractivity contribution in [2.24, 2.45) is 0 Å². The number of nitrogens with zero attached hydrogens (tertiary/aromatic N) is 2. The minimum absolute atomic E-state index is 0.0519. The van der Waals surface area contributed by atoms with E-state index in [2.05, 4.69) is 35.9 Å². The third-order valence-corrected chi connectivity index (χ3v) is 5.01. The lowest BCUT2D eigenvalue weighted by atomic mass is 10.0. The zero-order valence-electron chi connectivity index (χ0n) is 14.5. The molecule has 128 valence electrons. The van der Waals surface area contributed by atoms with Crippen LogP contribution in [0.25, 0.3) is 0 Å². The first-order chi connectivity index (χ1) is 11.5. The van der Waals surface area contributed by atoms with Gasteiger partial charge in [0, 0.05) is 35.2 Å². The first-order valence-corrected chi connectivity index (χ1v) is 8.89. The lowest BCUT2D eigenvalue weighted by molar-refractivity contribution is 0.162. The van der Waals surface area contributed by atoms with Crippen LogP contribution in [0.3, 0.4) is 0 Å². The van der Waals surface area contributed by atoms with E-state index in [4.69, 9.17) is 11.6 Å². The average Bonchev–Trinajstić information content (AvgIpc) is 2.93. The SMILES string of the molecule is CCCC1c2ccc(C)n2CCN1C(=O)Nc1cc(Cl)ccc1C. The number of aromatic nitrogens is 1.